The third-order valence-electron chi connectivity index (χ3n) is 5.11. The maximum atomic E-state index is 12.7. The number of furan rings is 1. The minimum absolute atomic E-state index is 0.0639. The van der Waals surface area contributed by atoms with Crippen LogP contribution in [0.1, 0.15) is 24.2 Å². The zero-order valence-corrected chi connectivity index (χ0v) is 14.1. The maximum Gasteiger partial charge on any atom is 0.224 e. The number of nitrogens with one attached hydrogen (secondary N) is 1. The molecule has 2 saturated heterocycles. The van der Waals surface area contributed by atoms with E-state index in [1.165, 1.54) is 0 Å². The molecule has 0 saturated carbocycles. The van der Waals surface area contributed by atoms with Crippen LogP contribution in [0.5, 0.6) is 0 Å². The van der Waals surface area contributed by atoms with E-state index in [0.717, 1.165) is 43.9 Å². The van der Waals surface area contributed by atoms with Gasteiger partial charge in [0, 0.05) is 38.1 Å². The summed E-state index contributed by atoms with van der Waals surface area (Å²) in [5.74, 6) is 0.954. The monoisotopic (exact) mass is 341 g/mol. The van der Waals surface area contributed by atoms with E-state index in [9.17, 15) is 4.79 Å². The van der Waals surface area contributed by atoms with Crippen LogP contribution in [0.4, 0.5) is 0 Å². The van der Waals surface area contributed by atoms with Gasteiger partial charge in [0.25, 0.3) is 0 Å². The SMILES string of the molecule is O=C(NCc1cccnc1)[C@H]1C[C@H]2OCC[C@H]2N(Cc2ccco2)C1. The Morgan fingerprint density at radius 2 is 2.32 bits per heavy atom. The fourth-order valence-corrected chi connectivity index (χ4v) is 3.86. The van der Waals surface area contributed by atoms with Gasteiger partial charge < -0.3 is 14.5 Å². The smallest absolute Gasteiger partial charge is 0.224 e. The second-order valence-electron chi connectivity index (χ2n) is 6.79. The third kappa shape index (κ3) is 3.75. The van der Waals surface area contributed by atoms with E-state index in [4.69, 9.17) is 9.15 Å². The molecule has 2 aliphatic heterocycles. The molecule has 4 heterocycles. The van der Waals surface area contributed by atoms with Crippen LogP contribution in [0.15, 0.2) is 47.3 Å². The summed E-state index contributed by atoms with van der Waals surface area (Å²) in [7, 11) is 0. The van der Waals surface area contributed by atoms with Crippen LogP contribution in [0.2, 0.25) is 0 Å². The van der Waals surface area contributed by atoms with E-state index in [1.54, 1.807) is 18.7 Å². The molecule has 0 radical (unpaired) electrons. The number of aromatic nitrogens is 1. The Morgan fingerprint density at radius 1 is 1.36 bits per heavy atom. The molecule has 6 heteroatoms. The van der Waals surface area contributed by atoms with E-state index in [-0.39, 0.29) is 17.9 Å². The number of fused-ring (bicyclic) bond motifs is 1. The van der Waals surface area contributed by atoms with Crippen molar-refractivity contribution in [2.24, 2.45) is 5.92 Å². The first-order valence-electron chi connectivity index (χ1n) is 8.84. The molecule has 4 rings (SSSR count). The number of amides is 1. The van der Waals surface area contributed by atoms with Crippen molar-refractivity contribution in [3.63, 3.8) is 0 Å². The number of rotatable bonds is 5. The fraction of sp³-hybridized carbons (Fsp3) is 0.474. The Bertz CT molecular complexity index is 689. The largest absolute Gasteiger partial charge is 0.468 e. The molecule has 0 aliphatic carbocycles. The minimum Gasteiger partial charge on any atom is -0.468 e. The van der Waals surface area contributed by atoms with Gasteiger partial charge in [-0.25, -0.2) is 0 Å². The Labute approximate surface area is 147 Å². The first kappa shape index (κ1) is 16.3. The van der Waals surface area contributed by atoms with Gasteiger partial charge in [0.2, 0.25) is 5.91 Å². The number of hydrogen-bond donors (Lipinski definition) is 1. The number of hydrogen-bond acceptors (Lipinski definition) is 5. The van der Waals surface area contributed by atoms with Gasteiger partial charge >= 0.3 is 0 Å². The average Bonchev–Trinajstić information content (AvgIpc) is 3.32. The molecule has 2 aromatic rings. The number of likely N-dealkylation sites (tertiary alicyclic amines) is 1. The minimum atomic E-state index is -0.0639. The van der Waals surface area contributed by atoms with Crippen LogP contribution >= 0.6 is 0 Å². The molecule has 6 nitrogen and oxygen atoms in total. The summed E-state index contributed by atoms with van der Waals surface area (Å²) in [5.41, 5.74) is 1.01. The second kappa shape index (κ2) is 7.37. The summed E-state index contributed by atoms with van der Waals surface area (Å²) in [5, 5.41) is 3.04. The van der Waals surface area contributed by atoms with Crippen LogP contribution in [-0.4, -0.2) is 41.1 Å². The van der Waals surface area contributed by atoms with Crippen LogP contribution in [0.25, 0.3) is 0 Å². The molecule has 0 spiro atoms. The predicted molar refractivity (Wildman–Crippen MR) is 91.5 cm³/mol. The maximum absolute atomic E-state index is 12.7. The first-order valence-corrected chi connectivity index (χ1v) is 8.84. The third-order valence-corrected chi connectivity index (χ3v) is 5.11. The van der Waals surface area contributed by atoms with E-state index in [1.807, 2.05) is 24.3 Å². The Hall–Kier alpha value is -2.18. The lowest BCUT2D eigenvalue weighted by Crippen LogP contribution is -2.52. The van der Waals surface area contributed by atoms with Crippen LogP contribution in [0.3, 0.4) is 0 Å². The van der Waals surface area contributed by atoms with Gasteiger partial charge in [-0.2, -0.15) is 0 Å². The highest BCUT2D eigenvalue weighted by atomic mass is 16.5. The molecule has 132 valence electrons. The molecule has 0 unspecified atom stereocenters. The van der Waals surface area contributed by atoms with Crippen LogP contribution < -0.4 is 5.32 Å². The van der Waals surface area contributed by atoms with Gasteiger partial charge in [-0.15, -0.1) is 0 Å². The number of piperidine rings is 1. The van der Waals surface area contributed by atoms with Gasteiger partial charge in [0.05, 0.1) is 24.8 Å². The molecule has 2 aliphatic rings. The first-order chi connectivity index (χ1) is 12.3. The van der Waals surface area contributed by atoms with Crippen molar-refractivity contribution < 1.29 is 13.9 Å². The highest BCUT2D eigenvalue weighted by Gasteiger charge is 2.42. The molecular weight excluding hydrogens is 318 g/mol. The van der Waals surface area contributed by atoms with Crippen molar-refractivity contribution >= 4 is 5.91 Å². The summed E-state index contributed by atoms with van der Waals surface area (Å²) < 4.78 is 11.4. The highest BCUT2D eigenvalue weighted by molar-refractivity contribution is 5.79. The topological polar surface area (TPSA) is 67.6 Å². The van der Waals surface area contributed by atoms with Gasteiger partial charge in [0.15, 0.2) is 0 Å². The normalized spacial score (nSPS) is 26.3. The Balaban J connectivity index is 1.40. The predicted octanol–water partition coefficient (Wildman–Crippen LogP) is 1.97. The Kier molecular flexibility index (Phi) is 4.81. The van der Waals surface area contributed by atoms with E-state index < -0.39 is 0 Å². The van der Waals surface area contributed by atoms with E-state index >= 15 is 0 Å². The fourth-order valence-electron chi connectivity index (χ4n) is 3.86. The van der Waals surface area contributed by atoms with E-state index in [0.29, 0.717) is 12.6 Å². The van der Waals surface area contributed by atoms with Crippen molar-refractivity contribution in [3.05, 3.63) is 54.2 Å². The van der Waals surface area contributed by atoms with Crippen molar-refractivity contribution in [1.29, 1.82) is 0 Å². The molecule has 2 aromatic heterocycles. The van der Waals surface area contributed by atoms with Crippen LogP contribution in [-0.2, 0) is 22.6 Å². The molecule has 1 N–H and O–H groups in total. The van der Waals surface area contributed by atoms with Gasteiger partial charge in [0.1, 0.15) is 5.76 Å². The molecule has 0 aromatic carbocycles. The van der Waals surface area contributed by atoms with Crippen molar-refractivity contribution in [3.8, 4) is 0 Å². The summed E-state index contributed by atoms with van der Waals surface area (Å²) in [4.78, 5) is 19.1. The summed E-state index contributed by atoms with van der Waals surface area (Å²) in [6.07, 6.45) is 7.16. The van der Waals surface area contributed by atoms with Gasteiger partial charge in [-0.3, -0.25) is 14.7 Å². The summed E-state index contributed by atoms with van der Waals surface area (Å²) >= 11 is 0. The molecule has 1 amide bonds. The molecule has 3 atom stereocenters. The lowest BCUT2D eigenvalue weighted by molar-refractivity contribution is -0.130. The van der Waals surface area contributed by atoms with Crippen molar-refractivity contribution in [2.75, 3.05) is 13.2 Å². The zero-order valence-electron chi connectivity index (χ0n) is 14.1. The van der Waals surface area contributed by atoms with Gasteiger partial charge in [-0.1, -0.05) is 6.07 Å². The zero-order chi connectivity index (χ0) is 17.1. The number of nitrogens with zero attached hydrogens (tertiary/aromatic N) is 2. The quantitative estimate of drug-likeness (QED) is 0.901. The molecule has 25 heavy (non-hydrogen) atoms. The highest BCUT2D eigenvalue weighted by Crippen LogP contribution is 2.32. The number of carbonyl (C=O) groups excluding carboxylic acids is 1. The van der Waals surface area contributed by atoms with Crippen molar-refractivity contribution in [1.82, 2.24) is 15.2 Å². The lowest BCUT2D eigenvalue weighted by atomic mass is 9.89. The Morgan fingerprint density at radius 3 is 3.12 bits per heavy atom. The summed E-state index contributed by atoms with van der Waals surface area (Å²) in [6.45, 7) is 2.75. The summed E-state index contributed by atoms with van der Waals surface area (Å²) in [6, 6.07) is 8.11. The van der Waals surface area contributed by atoms with Gasteiger partial charge in [-0.05, 0) is 36.6 Å². The molecular formula is C19H23N3O3. The molecule has 2 fully saturated rings. The standard InChI is InChI=1S/C19H23N3O3/c23-19(21-11-14-3-1-6-20-10-14)15-9-18-17(5-8-25-18)22(12-15)13-16-4-2-7-24-16/h1-4,6-7,10,15,17-18H,5,8-9,11-13H2,(H,21,23)/t15-,17+,18+/m0/s1. The molecule has 0 bridgehead atoms. The average molecular weight is 341 g/mol. The second-order valence-corrected chi connectivity index (χ2v) is 6.79. The van der Waals surface area contributed by atoms with Crippen molar-refractivity contribution in [2.45, 2.75) is 38.1 Å². The van der Waals surface area contributed by atoms with Crippen LogP contribution in [0, 0.1) is 5.92 Å². The van der Waals surface area contributed by atoms with E-state index in [2.05, 4.69) is 15.2 Å². The number of pyridine rings is 1. The number of ether oxygens (including phenoxy) is 1. The number of carbonyl (C=O) groups is 1. The lowest BCUT2D eigenvalue weighted by Gasteiger charge is -2.39.